The summed E-state index contributed by atoms with van der Waals surface area (Å²) < 4.78 is 9.94. The Morgan fingerprint density at radius 3 is 2.77 bits per heavy atom. The lowest BCUT2D eigenvalue weighted by Gasteiger charge is -2.30. The summed E-state index contributed by atoms with van der Waals surface area (Å²) in [5.74, 6) is -1.01. The Hall–Kier alpha value is -2.59. The number of hydrogen-bond acceptors (Lipinski definition) is 6. The van der Waals surface area contributed by atoms with Crippen LogP contribution in [0.3, 0.4) is 0 Å². The molecular formula is C15H17N3O4. The Morgan fingerprint density at radius 2 is 2.14 bits per heavy atom. The second-order valence-electron chi connectivity index (χ2n) is 4.74. The van der Waals surface area contributed by atoms with Crippen LogP contribution in [0, 0.1) is 11.3 Å². The minimum atomic E-state index is -0.530. The van der Waals surface area contributed by atoms with Gasteiger partial charge in [0, 0.05) is 20.0 Å². The molecule has 1 N–H and O–H groups in total. The number of benzene rings is 1. The molecule has 1 aliphatic rings. The Labute approximate surface area is 128 Å². The van der Waals surface area contributed by atoms with Gasteiger partial charge in [0.1, 0.15) is 6.07 Å². The highest BCUT2D eigenvalue weighted by Gasteiger charge is 2.18. The number of anilines is 2. The molecule has 0 radical (unpaired) electrons. The van der Waals surface area contributed by atoms with Gasteiger partial charge >= 0.3 is 5.97 Å². The number of rotatable bonds is 4. The van der Waals surface area contributed by atoms with E-state index in [9.17, 15) is 14.9 Å². The maximum absolute atomic E-state index is 11.7. The van der Waals surface area contributed by atoms with Crippen LogP contribution in [0.2, 0.25) is 0 Å². The Kier molecular flexibility index (Phi) is 5.33. The van der Waals surface area contributed by atoms with E-state index in [4.69, 9.17) is 4.74 Å². The molecule has 7 heteroatoms. The third kappa shape index (κ3) is 3.96. The second kappa shape index (κ2) is 7.43. The van der Waals surface area contributed by atoms with E-state index in [-0.39, 0.29) is 6.61 Å². The van der Waals surface area contributed by atoms with Gasteiger partial charge in [0.05, 0.1) is 30.2 Å². The molecule has 1 heterocycles. The van der Waals surface area contributed by atoms with Crippen molar-refractivity contribution in [3.05, 3.63) is 23.8 Å². The average Bonchev–Trinajstić information content (AvgIpc) is 2.53. The molecule has 0 aromatic heterocycles. The number of carbonyl (C=O) groups is 2. The Morgan fingerprint density at radius 1 is 1.41 bits per heavy atom. The summed E-state index contributed by atoms with van der Waals surface area (Å²) in [5.41, 5.74) is 1.56. The predicted octanol–water partition coefficient (Wildman–Crippen LogP) is 0.896. The summed E-state index contributed by atoms with van der Waals surface area (Å²) in [6.45, 7) is 3.45. The normalized spacial score (nSPS) is 14.1. The van der Waals surface area contributed by atoms with Crippen molar-refractivity contribution in [3.63, 3.8) is 0 Å². The standard InChI is InChI=1S/C15H17N3O4/c1-11(19)22-10-15(20)17-13-3-2-4-14(12(13)9-16)18-5-7-21-8-6-18/h2-4H,5-8,10H2,1H3,(H,17,20). The first kappa shape index (κ1) is 15.8. The predicted molar refractivity (Wildman–Crippen MR) is 79.5 cm³/mol. The lowest BCUT2D eigenvalue weighted by Crippen LogP contribution is -2.36. The maximum Gasteiger partial charge on any atom is 0.303 e. The van der Waals surface area contributed by atoms with Crippen LogP contribution in [0.15, 0.2) is 18.2 Å². The van der Waals surface area contributed by atoms with Crippen molar-refractivity contribution in [2.24, 2.45) is 0 Å². The van der Waals surface area contributed by atoms with Gasteiger partial charge in [-0.15, -0.1) is 0 Å². The zero-order valence-electron chi connectivity index (χ0n) is 12.3. The van der Waals surface area contributed by atoms with Gasteiger partial charge in [-0.05, 0) is 12.1 Å². The molecule has 1 amide bonds. The van der Waals surface area contributed by atoms with E-state index in [1.165, 1.54) is 6.92 Å². The number of nitriles is 1. The largest absolute Gasteiger partial charge is 0.456 e. The van der Waals surface area contributed by atoms with E-state index in [1.54, 1.807) is 12.1 Å². The van der Waals surface area contributed by atoms with Gasteiger partial charge in [-0.25, -0.2) is 0 Å². The summed E-state index contributed by atoms with van der Waals surface area (Å²) in [6, 6.07) is 7.38. The number of nitrogens with zero attached hydrogens (tertiary/aromatic N) is 2. The average molecular weight is 303 g/mol. The maximum atomic E-state index is 11.7. The molecule has 22 heavy (non-hydrogen) atoms. The SMILES string of the molecule is CC(=O)OCC(=O)Nc1cccc(N2CCOCC2)c1C#N. The molecule has 1 aliphatic heterocycles. The number of morpholine rings is 1. The van der Waals surface area contributed by atoms with E-state index >= 15 is 0 Å². The molecule has 2 rings (SSSR count). The Bertz CT molecular complexity index is 603. The van der Waals surface area contributed by atoms with E-state index in [2.05, 4.69) is 16.1 Å². The van der Waals surface area contributed by atoms with Crippen molar-refractivity contribution in [3.8, 4) is 6.07 Å². The molecule has 116 valence electrons. The number of amides is 1. The number of hydrogen-bond donors (Lipinski definition) is 1. The van der Waals surface area contributed by atoms with Crippen LogP contribution in [0.1, 0.15) is 12.5 Å². The van der Waals surface area contributed by atoms with Crippen LogP contribution in [-0.2, 0) is 19.1 Å². The molecule has 1 saturated heterocycles. The van der Waals surface area contributed by atoms with Gasteiger partial charge in [0.15, 0.2) is 6.61 Å². The smallest absolute Gasteiger partial charge is 0.303 e. The van der Waals surface area contributed by atoms with Crippen LogP contribution < -0.4 is 10.2 Å². The number of carbonyl (C=O) groups excluding carboxylic acids is 2. The van der Waals surface area contributed by atoms with Gasteiger partial charge in [-0.1, -0.05) is 6.07 Å². The highest BCUT2D eigenvalue weighted by Crippen LogP contribution is 2.27. The highest BCUT2D eigenvalue weighted by atomic mass is 16.5. The molecule has 0 unspecified atom stereocenters. The summed E-state index contributed by atoms with van der Waals surface area (Å²) in [7, 11) is 0. The summed E-state index contributed by atoms with van der Waals surface area (Å²) >= 11 is 0. The number of ether oxygens (including phenoxy) is 2. The van der Waals surface area contributed by atoms with Gasteiger partial charge < -0.3 is 19.7 Å². The van der Waals surface area contributed by atoms with Gasteiger partial charge in [0.2, 0.25) is 0 Å². The van der Waals surface area contributed by atoms with Gasteiger partial charge in [0.25, 0.3) is 5.91 Å². The first-order chi connectivity index (χ1) is 10.6. The van der Waals surface area contributed by atoms with Crippen molar-refractivity contribution in [2.75, 3.05) is 43.1 Å². The fourth-order valence-corrected chi connectivity index (χ4v) is 2.18. The molecule has 0 spiro atoms. The minimum absolute atomic E-state index is 0.373. The first-order valence-corrected chi connectivity index (χ1v) is 6.91. The fraction of sp³-hybridized carbons (Fsp3) is 0.400. The van der Waals surface area contributed by atoms with E-state index in [0.29, 0.717) is 37.6 Å². The van der Waals surface area contributed by atoms with Crippen LogP contribution in [0.25, 0.3) is 0 Å². The molecule has 1 fully saturated rings. The molecule has 1 aromatic carbocycles. The van der Waals surface area contributed by atoms with E-state index < -0.39 is 11.9 Å². The zero-order chi connectivity index (χ0) is 15.9. The van der Waals surface area contributed by atoms with Gasteiger partial charge in [-0.2, -0.15) is 5.26 Å². The molecule has 7 nitrogen and oxygen atoms in total. The first-order valence-electron chi connectivity index (χ1n) is 6.91. The van der Waals surface area contributed by atoms with Crippen molar-refractivity contribution in [1.82, 2.24) is 0 Å². The van der Waals surface area contributed by atoms with Crippen molar-refractivity contribution in [1.29, 1.82) is 5.26 Å². The summed E-state index contributed by atoms with van der Waals surface area (Å²) in [5, 5.41) is 12.0. The molecule has 0 bridgehead atoms. The number of esters is 1. The topological polar surface area (TPSA) is 91.7 Å². The van der Waals surface area contributed by atoms with Crippen LogP contribution >= 0.6 is 0 Å². The van der Waals surface area contributed by atoms with Crippen LogP contribution in [-0.4, -0.2) is 44.8 Å². The lowest BCUT2D eigenvalue weighted by molar-refractivity contribution is -0.144. The van der Waals surface area contributed by atoms with E-state index in [0.717, 1.165) is 5.69 Å². The summed E-state index contributed by atoms with van der Waals surface area (Å²) in [6.07, 6.45) is 0. The molecule has 1 aromatic rings. The number of nitrogens with one attached hydrogen (secondary N) is 1. The highest BCUT2D eigenvalue weighted by molar-refractivity contribution is 5.95. The monoisotopic (exact) mass is 303 g/mol. The molecule has 0 saturated carbocycles. The van der Waals surface area contributed by atoms with Crippen molar-refractivity contribution >= 4 is 23.3 Å². The lowest BCUT2D eigenvalue weighted by atomic mass is 10.1. The molecular weight excluding hydrogens is 286 g/mol. The third-order valence-corrected chi connectivity index (χ3v) is 3.19. The van der Waals surface area contributed by atoms with Crippen LogP contribution in [0.5, 0.6) is 0 Å². The van der Waals surface area contributed by atoms with E-state index in [1.807, 2.05) is 11.0 Å². The van der Waals surface area contributed by atoms with Crippen LogP contribution in [0.4, 0.5) is 11.4 Å². The van der Waals surface area contributed by atoms with Crippen molar-refractivity contribution in [2.45, 2.75) is 6.92 Å². The zero-order valence-corrected chi connectivity index (χ0v) is 12.3. The fourth-order valence-electron chi connectivity index (χ4n) is 2.18. The van der Waals surface area contributed by atoms with Crippen molar-refractivity contribution < 1.29 is 19.1 Å². The second-order valence-corrected chi connectivity index (χ2v) is 4.74. The quantitative estimate of drug-likeness (QED) is 0.831. The Balaban J connectivity index is 2.16. The molecule has 0 atom stereocenters. The third-order valence-electron chi connectivity index (χ3n) is 3.19. The van der Waals surface area contributed by atoms with Gasteiger partial charge in [-0.3, -0.25) is 9.59 Å². The molecule has 0 aliphatic carbocycles. The minimum Gasteiger partial charge on any atom is -0.456 e. The summed E-state index contributed by atoms with van der Waals surface area (Å²) in [4.78, 5) is 24.5.